The van der Waals surface area contributed by atoms with Crippen LogP contribution in [0.15, 0.2) is 48.1 Å². The summed E-state index contributed by atoms with van der Waals surface area (Å²) in [6.07, 6.45) is 12.6. The topological polar surface area (TPSA) is 77.8 Å². The zero-order valence-corrected chi connectivity index (χ0v) is 16.9. The number of aliphatic hydroxyl groups is 2. The second-order valence-corrected chi connectivity index (χ2v) is 7.70. The monoisotopic (exact) mass is 386 g/mol. The molecule has 1 aliphatic carbocycles. The minimum Gasteiger partial charge on any atom is -0.481 e. The lowest BCUT2D eigenvalue weighted by molar-refractivity contribution is -0.137. The van der Waals surface area contributed by atoms with Crippen LogP contribution in [0.2, 0.25) is 0 Å². The van der Waals surface area contributed by atoms with E-state index in [4.69, 9.17) is 5.11 Å². The molecule has 1 aromatic carbocycles. The van der Waals surface area contributed by atoms with Gasteiger partial charge in [0.1, 0.15) is 0 Å². The van der Waals surface area contributed by atoms with Crippen molar-refractivity contribution in [2.24, 2.45) is 0 Å². The van der Waals surface area contributed by atoms with E-state index >= 15 is 0 Å². The van der Waals surface area contributed by atoms with Crippen LogP contribution >= 0.6 is 0 Å². The zero-order valence-electron chi connectivity index (χ0n) is 16.9. The predicted molar refractivity (Wildman–Crippen MR) is 112 cm³/mol. The van der Waals surface area contributed by atoms with Crippen LogP contribution in [-0.4, -0.2) is 27.4 Å². The number of carboxylic acids is 1. The molecule has 0 amide bonds. The van der Waals surface area contributed by atoms with E-state index in [0.29, 0.717) is 12.8 Å². The summed E-state index contributed by atoms with van der Waals surface area (Å²) in [4.78, 5) is 10.5. The highest BCUT2D eigenvalue weighted by atomic mass is 16.4. The number of aliphatic carboxylic acids is 1. The molecule has 3 atom stereocenters. The highest BCUT2D eigenvalue weighted by Crippen LogP contribution is 2.38. The molecule has 0 aromatic heterocycles. The third-order valence-electron chi connectivity index (χ3n) is 5.45. The number of carboxylic acid groups (broad SMARTS) is 1. The number of unbranched alkanes of at least 4 members (excludes halogenated alkanes) is 3. The molecule has 4 heteroatoms. The SMILES string of the molecule is CCCCCC(O)c1ccc([C@H]2C(C/C=C\CCCC(=O)O)=CC[C@H]2O)cc1. The fourth-order valence-corrected chi connectivity index (χ4v) is 3.82. The van der Waals surface area contributed by atoms with Gasteiger partial charge in [-0.1, -0.05) is 74.3 Å². The van der Waals surface area contributed by atoms with Crippen molar-refractivity contribution in [1.29, 1.82) is 0 Å². The summed E-state index contributed by atoms with van der Waals surface area (Å²) >= 11 is 0. The smallest absolute Gasteiger partial charge is 0.303 e. The molecule has 4 nitrogen and oxygen atoms in total. The van der Waals surface area contributed by atoms with Crippen molar-refractivity contribution in [3.63, 3.8) is 0 Å². The number of allylic oxidation sites excluding steroid dienone is 2. The Bertz CT molecular complexity index is 660. The lowest BCUT2D eigenvalue weighted by atomic mass is 9.88. The van der Waals surface area contributed by atoms with Crippen molar-refractivity contribution in [3.8, 4) is 0 Å². The molecule has 1 aromatic rings. The lowest BCUT2D eigenvalue weighted by Crippen LogP contribution is -2.14. The largest absolute Gasteiger partial charge is 0.481 e. The van der Waals surface area contributed by atoms with Gasteiger partial charge in [-0.25, -0.2) is 0 Å². The van der Waals surface area contributed by atoms with E-state index in [1.165, 1.54) is 5.57 Å². The van der Waals surface area contributed by atoms with Crippen LogP contribution < -0.4 is 0 Å². The molecule has 28 heavy (non-hydrogen) atoms. The molecule has 0 spiro atoms. The Hall–Kier alpha value is -1.91. The molecule has 3 N–H and O–H groups in total. The standard InChI is InChI=1S/C24H34O4/c1-2-3-6-10-21(25)18-12-14-20(15-13-18)24-19(16-17-22(24)26)9-7-4-5-8-11-23(27)28/h4,7,12-16,21-22,24-26H,2-3,5-6,8-11,17H2,1H3,(H,27,28)/b7-4-/t21?,22-,24-/m1/s1. The number of hydrogen-bond donors (Lipinski definition) is 3. The van der Waals surface area contributed by atoms with Crippen LogP contribution in [-0.2, 0) is 4.79 Å². The van der Waals surface area contributed by atoms with Gasteiger partial charge in [0.15, 0.2) is 0 Å². The van der Waals surface area contributed by atoms with E-state index < -0.39 is 18.2 Å². The fraction of sp³-hybridized carbons (Fsp3) is 0.542. The molecule has 0 radical (unpaired) electrons. The molecule has 0 bridgehead atoms. The maximum absolute atomic E-state index is 10.5. The average molecular weight is 387 g/mol. The summed E-state index contributed by atoms with van der Waals surface area (Å²) in [6, 6.07) is 8.02. The Morgan fingerprint density at radius 3 is 2.61 bits per heavy atom. The molecule has 0 fully saturated rings. The van der Waals surface area contributed by atoms with Gasteiger partial charge >= 0.3 is 5.97 Å². The molecule has 1 unspecified atom stereocenters. The Labute approximate surface area is 168 Å². The summed E-state index contributed by atoms with van der Waals surface area (Å²) in [6.45, 7) is 2.16. The van der Waals surface area contributed by atoms with Crippen LogP contribution in [0.4, 0.5) is 0 Å². The van der Waals surface area contributed by atoms with Gasteiger partial charge in [-0.05, 0) is 43.2 Å². The van der Waals surface area contributed by atoms with Crippen LogP contribution in [0.5, 0.6) is 0 Å². The van der Waals surface area contributed by atoms with Crippen molar-refractivity contribution >= 4 is 5.97 Å². The first kappa shape index (κ1) is 22.4. The van der Waals surface area contributed by atoms with E-state index in [9.17, 15) is 15.0 Å². The molecule has 2 rings (SSSR count). The average Bonchev–Trinajstić information content (AvgIpc) is 3.05. The Kier molecular flexibility index (Phi) is 9.45. The number of aliphatic hydroxyl groups excluding tert-OH is 2. The Morgan fingerprint density at radius 1 is 1.18 bits per heavy atom. The summed E-state index contributed by atoms with van der Waals surface area (Å²) in [5.74, 6) is -0.760. The summed E-state index contributed by atoms with van der Waals surface area (Å²) in [7, 11) is 0. The van der Waals surface area contributed by atoms with E-state index in [1.807, 2.05) is 30.3 Å². The van der Waals surface area contributed by atoms with Crippen LogP contribution in [0.3, 0.4) is 0 Å². The van der Waals surface area contributed by atoms with E-state index in [0.717, 1.165) is 49.7 Å². The molecule has 0 heterocycles. The third kappa shape index (κ3) is 6.92. The molecule has 0 aliphatic heterocycles. The summed E-state index contributed by atoms with van der Waals surface area (Å²) in [5, 5.41) is 29.4. The summed E-state index contributed by atoms with van der Waals surface area (Å²) < 4.78 is 0. The van der Waals surface area contributed by atoms with Gasteiger partial charge in [-0.15, -0.1) is 0 Å². The van der Waals surface area contributed by atoms with Crippen LogP contribution in [0, 0.1) is 0 Å². The van der Waals surface area contributed by atoms with Crippen molar-refractivity contribution in [2.45, 2.75) is 82.8 Å². The zero-order chi connectivity index (χ0) is 20.4. The van der Waals surface area contributed by atoms with Gasteiger partial charge in [0, 0.05) is 12.3 Å². The number of rotatable bonds is 12. The summed E-state index contributed by atoms with van der Waals surface area (Å²) in [5.41, 5.74) is 3.23. The highest BCUT2D eigenvalue weighted by Gasteiger charge is 2.28. The van der Waals surface area contributed by atoms with E-state index in [-0.39, 0.29) is 12.3 Å². The molecular weight excluding hydrogens is 352 g/mol. The van der Waals surface area contributed by atoms with Crippen LogP contribution in [0.1, 0.15) is 87.9 Å². The maximum Gasteiger partial charge on any atom is 0.303 e. The van der Waals surface area contributed by atoms with Gasteiger partial charge in [0.25, 0.3) is 0 Å². The first-order valence-corrected chi connectivity index (χ1v) is 10.5. The van der Waals surface area contributed by atoms with Gasteiger partial charge in [0.05, 0.1) is 12.2 Å². The number of hydrogen-bond acceptors (Lipinski definition) is 3. The Balaban J connectivity index is 1.91. The highest BCUT2D eigenvalue weighted by molar-refractivity contribution is 5.66. The van der Waals surface area contributed by atoms with Crippen molar-refractivity contribution in [3.05, 3.63) is 59.2 Å². The van der Waals surface area contributed by atoms with E-state index in [1.54, 1.807) is 0 Å². The second-order valence-electron chi connectivity index (χ2n) is 7.70. The second kappa shape index (κ2) is 11.8. The number of benzene rings is 1. The normalized spacial score (nSPS) is 20.5. The molecule has 1 aliphatic rings. The van der Waals surface area contributed by atoms with Gasteiger partial charge in [-0.2, -0.15) is 0 Å². The van der Waals surface area contributed by atoms with Gasteiger partial charge < -0.3 is 15.3 Å². The van der Waals surface area contributed by atoms with Crippen LogP contribution in [0.25, 0.3) is 0 Å². The predicted octanol–water partition coefficient (Wildman–Crippen LogP) is 5.28. The number of carbonyl (C=O) groups is 1. The van der Waals surface area contributed by atoms with Crippen molar-refractivity contribution in [1.82, 2.24) is 0 Å². The maximum atomic E-state index is 10.5. The molecule has 154 valence electrons. The van der Waals surface area contributed by atoms with Crippen molar-refractivity contribution < 1.29 is 20.1 Å². The minimum atomic E-state index is -0.756. The first-order chi connectivity index (χ1) is 13.5. The molecule has 0 saturated heterocycles. The van der Waals surface area contributed by atoms with Crippen molar-refractivity contribution in [2.75, 3.05) is 0 Å². The minimum absolute atomic E-state index is 0.00467. The quantitative estimate of drug-likeness (QED) is 0.337. The lowest BCUT2D eigenvalue weighted by Gasteiger charge is -2.20. The molecule has 0 saturated carbocycles. The fourth-order valence-electron chi connectivity index (χ4n) is 3.82. The first-order valence-electron chi connectivity index (χ1n) is 10.5. The molecular formula is C24H34O4. The third-order valence-corrected chi connectivity index (χ3v) is 5.45. The van der Waals surface area contributed by atoms with E-state index in [2.05, 4.69) is 19.1 Å². The Morgan fingerprint density at radius 2 is 1.93 bits per heavy atom. The van der Waals surface area contributed by atoms with Gasteiger partial charge in [0.2, 0.25) is 0 Å². The van der Waals surface area contributed by atoms with Gasteiger partial charge in [-0.3, -0.25) is 4.79 Å².